The van der Waals surface area contributed by atoms with Crippen molar-refractivity contribution in [2.24, 2.45) is 5.73 Å². The van der Waals surface area contributed by atoms with Crippen molar-refractivity contribution in [3.8, 4) is 11.3 Å². The maximum Gasteiger partial charge on any atom is 0.271 e. The van der Waals surface area contributed by atoms with Crippen molar-refractivity contribution in [1.29, 1.82) is 0 Å². The molecule has 0 aliphatic rings. The SMILES string of the molecule is Cc1nc2nc(C(=O)NCc3ccc(Cl)cc3)cn2c(-c2ccc(Cl)cc2Cl)c1CN. The fourth-order valence-corrected chi connectivity index (χ4v) is 3.97. The standard InChI is InChI=1S/C22H18Cl3N5O/c1-12-17(9-26)20(16-7-6-15(24)8-18(16)25)30-11-19(29-22(30)28-12)21(31)27-10-13-2-4-14(23)5-3-13/h2-8,11H,9-10,26H2,1H3,(H,27,31). The molecule has 0 aliphatic carbocycles. The van der Waals surface area contributed by atoms with Crippen molar-refractivity contribution in [1.82, 2.24) is 19.7 Å². The largest absolute Gasteiger partial charge is 0.347 e. The molecule has 0 saturated heterocycles. The highest BCUT2D eigenvalue weighted by atomic mass is 35.5. The molecule has 0 fully saturated rings. The Morgan fingerprint density at radius 3 is 2.45 bits per heavy atom. The van der Waals surface area contributed by atoms with Gasteiger partial charge in [0.25, 0.3) is 5.91 Å². The Bertz CT molecular complexity index is 1280. The summed E-state index contributed by atoms with van der Waals surface area (Å²) in [5, 5.41) is 4.50. The van der Waals surface area contributed by atoms with Crippen molar-refractivity contribution in [2.45, 2.75) is 20.0 Å². The zero-order valence-electron chi connectivity index (χ0n) is 16.5. The number of amides is 1. The van der Waals surface area contributed by atoms with E-state index in [4.69, 9.17) is 40.5 Å². The van der Waals surface area contributed by atoms with Crippen LogP contribution in [0.5, 0.6) is 0 Å². The van der Waals surface area contributed by atoms with Crippen LogP contribution in [-0.2, 0) is 13.1 Å². The molecule has 0 radical (unpaired) electrons. The van der Waals surface area contributed by atoms with Gasteiger partial charge >= 0.3 is 0 Å². The van der Waals surface area contributed by atoms with Gasteiger partial charge in [0.15, 0.2) is 0 Å². The molecule has 2 aromatic carbocycles. The molecule has 0 spiro atoms. The van der Waals surface area contributed by atoms with Gasteiger partial charge < -0.3 is 11.1 Å². The number of aryl methyl sites for hydroxylation is 1. The topological polar surface area (TPSA) is 85.3 Å². The molecule has 6 nitrogen and oxygen atoms in total. The highest BCUT2D eigenvalue weighted by molar-refractivity contribution is 6.36. The zero-order valence-corrected chi connectivity index (χ0v) is 18.8. The number of hydrogen-bond acceptors (Lipinski definition) is 4. The molecule has 2 heterocycles. The summed E-state index contributed by atoms with van der Waals surface area (Å²) >= 11 is 18.4. The highest BCUT2D eigenvalue weighted by Gasteiger charge is 2.20. The molecule has 4 rings (SSSR count). The molecular formula is C22H18Cl3N5O. The van der Waals surface area contributed by atoms with Gasteiger partial charge in [-0.1, -0.05) is 46.9 Å². The van der Waals surface area contributed by atoms with E-state index >= 15 is 0 Å². The smallest absolute Gasteiger partial charge is 0.271 e. The lowest BCUT2D eigenvalue weighted by molar-refractivity contribution is 0.0946. The number of nitrogens with one attached hydrogen (secondary N) is 1. The van der Waals surface area contributed by atoms with E-state index in [9.17, 15) is 4.79 Å². The minimum Gasteiger partial charge on any atom is -0.347 e. The fourth-order valence-electron chi connectivity index (χ4n) is 3.35. The summed E-state index contributed by atoms with van der Waals surface area (Å²) in [5.74, 6) is 0.0629. The van der Waals surface area contributed by atoms with Crippen LogP contribution in [-0.4, -0.2) is 20.3 Å². The van der Waals surface area contributed by atoms with Gasteiger partial charge in [0.05, 0.1) is 10.7 Å². The fraction of sp³-hybridized carbons (Fsp3) is 0.136. The molecule has 0 aliphatic heterocycles. The summed E-state index contributed by atoms with van der Waals surface area (Å²) in [6, 6.07) is 12.5. The second kappa shape index (κ2) is 8.85. The van der Waals surface area contributed by atoms with Gasteiger partial charge in [0, 0.05) is 46.2 Å². The van der Waals surface area contributed by atoms with E-state index < -0.39 is 0 Å². The number of aromatic nitrogens is 3. The lowest BCUT2D eigenvalue weighted by Crippen LogP contribution is -2.23. The number of nitrogens with two attached hydrogens (primary N) is 1. The third-order valence-electron chi connectivity index (χ3n) is 4.91. The summed E-state index contributed by atoms with van der Waals surface area (Å²) in [5.41, 5.74) is 10.2. The number of benzene rings is 2. The van der Waals surface area contributed by atoms with E-state index in [-0.39, 0.29) is 18.1 Å². The maximum atomic E-state index is 12.7. The van der Waals surface area contributed by atoms with E-state index in [1.807, 2.05) is 25.1 Å². The first-order valence-corrected chi connectivity index (χ1v) is 10.6. The van der Waals surface area contributed by atoms with Gasteiger partial charge in [-0.15, -0.1) is 0 Å². The summed E-state index contributed by atoms with van der Waals surface area (Å²) in [6.07, 6.45) is 1.64. The van der Waals surface area contributed by atoms with Gasteiger partial charge in [0.2, 0.25) is 5.78 Å². The number of carbonyl (C=O) groups is 1. The van der Waals surface area contributed by atoms with Crippen LogP contribution >= 0.6 is 34.8 Å². The molecule has 0 bridgehead atoms. The summed E-state index contributed by atoms with van der Waals surface area (Å²) in [7, 11) is 0. The molecule has 0 unspecified atom stereocenters. The number of rotatable bonds is 5. The molecule has 0 saturated carbocycles. The number of halogens is 3. The Labute approximate surface area is 194 Å². The lowest BCUT2D eigenvalue weighted by Gasteiger charge is -2.14. The van der Waals surface area contributed by atoms with Crippen LogP contribution in [0.1, 0.15) is 27.3 Å². The van der Waals surface area contributed by atoms with Crippen LogP contribution in [0.2, 0.25) is 15.1 Å². The van der Waals surface area contributed by atoms with Crippen LogP contribution in [0, 0.1) is 6.92 Å². The van der Waals surface area contributed by atoms with E-state index in [0.717, 1.165) is 28.1 Å². The van der Waals surface area contributed by atoms with Crippen LogP contribution in [0.3, 0.4) is 0 Å². The Kier molecular flexibility index (Phi) is 6.16. The Hall–Kier alpha value is -2.64. The molecule has 4 aromatic rings. The predicted octanol–water partition coefficient (Wildman–Crippen LogP) is 5.05. The van der Waals surface area contributed by atoms with Gasteiger partial charge in [-0.2, -0.15) is 0 Å². The quantitative estimate of drug-likeness (QED) is 0.424. The Morgan fingerprint density at radius 1 is 1.06 bits per heavy atom. The van der Waals surface area contributed by atoms with E-state index in [2.05, 4.69) is 15.3 Å². The van der Waals surface area contributed by atoms with E-state index in [0.29, 0.717) is 27.4 Å². The third kappa shape index (κ3) is 4.38. The van der Waals surface area contributed by atoms with Crippen molar-refractivity contribution < 1.29 is 4.79 Å². The van der Waals surface area contributed by atoms with Crippen LogP contribution in [0.4, 0.5) is 0 Å². The molecule has 31 heavy (non-hydrogen) atoms. The van der Waals surface area contributed by atoms with Gasteiger partial charge in [-0.05, 0) is 42.8 Å². The number of hydrogen-bond donors (Lipinski definition) is 2. The maximum absolute atomic E-state index is 12.7. The number of nitrogens with zero attached hydrogens (tertiary/aromatic N) is 3. The summed E-state index contributed by atoms with van der Waals surface area (Å²) in [4.78, 5) is 21.7. The normalized spacial score (nSPS) is 11.1. The minimum absolute atomic E-state index is 0.237. The van der Waals surface area contributed by atoms with Gasteiger partial charge in [-0.25, -0.2) is 9.97 Å². The van der Waals surface area contributed by atoms with E-state index in [1.54, 1.807) is 34.9 Å². The molecule has 9 heteroatoms. The molecule has 2 aromatic heterocycles. The Morgan fingerprint density at radius 2 is 1.77 bits per heavy atom. The molecule has 1 amide bonds. The summed E-state index contributed by atoms with van der Waals surface area (Å²) in [6.45, 7) is 2.45. The number of carbonyl (C=O) groups excluding carboxylic acids is 1. The first-order chi connectivity index (χ1) is 14.9. The van der Waals surface area contributed by atoms with Crippen LogP contribution in [0.25, 0.3) is 17.0 Å². The molecular weight excluding hydrogens is 457 g/mol. The van der Waals surface area contributed by atoms with Gasteiger partial charge in [0.1, 0.15) is 5.69 Å². The van der Waals surface area contributed by atoms with Crippen LogP contribution in [0.15, 0.2) is 48.7 Å². The van der Waals surface area contributed by atoms with Crippen molar-refractivity contribution in [3.63, 3.8) is 0 Å². The third-order valence-corrected chi connectivity index (χ3v) is 5.71. The lowest BCUT2D eigenvalue weighted by atomic mass is 10.0. The average Bonchev–Trinajstić information content (AvgIpc) is 3.16. The first kappa shape index (κ1) is 21.6. The van der Waals surface area contributed by atoms with Crippen molar-refractivity contribution in [2.75, 3.05) is 0 Å². The van der Waals surface area contributed by atoms with Crippen molar-refractivity contribution >= 4 is 46.5 Å². The predicted molar refractivity (Wildman–Crippen MR) is 124 cm³/mol. The number of fused-ring (bicyclic) bond motifs is 1. The Balaban J connectivity index is 1.74. The second-order valence-electron chi connectivity index (χ2n) is 6.96. The highest BCUT2D eigenvalue weighted by Crippen LogP contribution is 2.34. The average molecular weight is 475 g/mol. The second-order valence-corrected chi connectivity index (χ2v) is 8.24. The van der Waals surface area contributed by atoms with Crippen LogP contribution < -0.4 is 11.1 Å². The summed E-state index contributed by atoms with van der Waals surface area (Å²) < 4.78 is 1.74. The molecule has 0 atom stereocenters. The first-order valence-electron chi connectivity index (χ1n) is 9.44. The van der Waals surface area contributed by atoms with Crippen molar-refractivity contribution in [3.05, 3.63) is 86.2 Å². The molecule has 3 N–H and O–H groups in total. The van der Waals surface area contributed by atoms with E-state index in [1.165, 1.54) is 0 Å². The van der Waals surface area contributed by atoms with Gasteiger partial charge in [-0.3, -0.25) is 9.20 Å². The zero-order chi connectivity index (χ0) is 22.1. The molecule has 158 valence electrons. The monoisotopic (exact) mass is 473 g/mol. The number of imidazole rings is 1. The minimum atomic E-state index is -0.319.